The Morgan fingerprint density at radius 1 is 0.957 bits per heavy atom. The molecule has 0 spiro atoms. The van der Waals surface area contributed by atoms with Crippen molar-refractivity contribution in [2.75, 3.05) is 0 Å². The Balaban J connectivity index is 1.73. The van der Waals surface area contributed by atoms with Crippen molar-refractivity contribution in [3.63, 3.8) is 0 Å². The molecule has 3 rings (SSSR count). The maximum absolute atomic E-state index is 6.32. The molecular formula is C20H20N2O. The van der Waals surface area contributed by atoms with Gasteiger partial charge in [0.25, 0.3) is 0 Å². The maximum atomic E-state index is 6.32. The number of rotatable bonds is 5. The van der Waals surface area contributed by atoms with Gasteiger partial charge in [-0.15, -0.1) is 0 Å². The fourth-order valence-corrected chi connectivity index (χ4v) is 2.48. The molecule has 0 aliphatic carbocycles. The first kappa shape index (κ1) is 15.3. The third-order valence-electron chi connectivity index (χ3n) is 3.79. The van der Waals surface area contributed by atoms with Crippen LogP contribution in [0.1, 0.15) is 28.3 Å². The molecule has 0 fully saturated rings. The molecule has 0 bridgehead atoms. The summed E-state index contributed by atoms with van der Waals surface area (Å²) in [4.78, 5) is 4.44. The second-order valence-corrected chi connectivity index (χ2v) is 5.55. The molecule has 0 saturated heterocycles. The summed E-state index contributed by atoms with van der Waals surface area (Å²) in [6.45, 7) is 2.51. The third-order valence-corrected chi connectivity index (χ3v) is 3.79. The van der Waals surface area contributed by atoms with E-state index in [2.05, 4.69) is 4.98 Å². The summed E-state index contributed by atoms with van der Waals surface area (Å²) in [5.41, 5.74) is 10.5. The van der Waals surface area contributed by atoms with Crippen LogP contribution in [-0.2, 0) is 6.61 Å². The molecular weight excluding hydrogens is 284 g/mol. The Bertz CT molecular complexity index is 757. The van der Waals surface area contributed by atoms with Gasteiger partial charge >= 0.3 is 0 Å². The highest BCUT2D eigenvalue weighted by Crippen LogP contribution is 2.23. The molecule has 0 saturated carbocycles. The van der Waals surface area contributed by atoms with Crippen molar-refractivity contribution < 1.29 is 4.74 Å². The van der Waals surface area contributed by atoms with E-state index in [0.29, 0.717) is 12.5 Å². The molecule has 3 nitrogen and oxygen atoms in total. The predicted octanol–water partition coefficient (Wildman–Crippen LogP) is 4.02. The minimum atomic E-state index is -0.175. The highest BCUT2D eigenvalue weighted by atomic mass is 16.5. The van der Waals surface area contributed by atoms with Crippen LogP contribution < -0.4 is 10.5 Å². The average molecular weight is 304 g/mol. The number of ether oxygens (including phenoxy) is 1. The number of hydrogen-bond donors (Lipinski definition) is 1. The lowest BCUT2D eigenvalue weighted by Crippen LogP contribution is -2.12. The van der Waals surface area contributed by atoms with Gasteiger partial charge in [-0.05, 0) is 29.7 Å². The monoisotopic (exact) mass is 304 g/mol. The minimum absolute atomic E-state index is 0.175. The number of benzene rings is 2. The van der Waals surface area contributed by atoms with Crippen molar-refractivity contribution in [1.82, 2.24) is 4.98 Å². The normalized spacial score (nSPS) is 11.9. The topological polar surface area (TPSA) is 48.1 Å². The molecule has 2 aromatic carbocycles. The number of nitrogens with two attached hydrogens (primary N) is 1. The van der Waals surface area contributed by atoms with Crippen LogP contribution in [0.2, 0.25) is 0 Å². The fourth-order valence-electron chi connectivity index (χ4n) is 2.48. The Hall–Kier alpha value is -2.65. The van der Waals surface area contributed by atoms with Gasteiger partial charge in [0.1, 0.15) is 6.61 Å². The van der Waals surface area contributed by atoms with Gasteiger partial charge in [0.05, 0.1) is 6.04 Å². The average Bonchev–Trinajstić information content (AvgIpc) is 2.61. The molecule has 1 atom stereocenters. The zero-order valence-electron chi connectivity index (χ0n) is 13.1. The summed E-state index contributed by atoms with van der Waals surface area (Å²) >= 11 is 0. The van der Waals surface area contributed by atoms with E-state index < -0.39 is 0 Å². The van der Waals surface area contributed by atoms with Crippen LogP contribution in [0.25, 0.3) is 0 Å². The van der Waals surface area contributed by atoms with E-state index in [9.17, 15) is 0 Å². The second-order valence-electron chi connectivity index (χ2n) is 5.55. The molecule has 1 heterocycles. The lowest BCUT2D eigenvalue weighted by molar-refractivity contribution is 0.291. The molecule has 0 aliphatic rings. The standard InChI is InChI=1S/C20H20N2O/c1-15-12-18(19(21)17-10-6-3-7-11-17)13-22-20(15)23-14-16-8-4-2-5-9-16/h2-13,19H,14,21H2,1H3. The van der Waals surface area contributed by atoms with Crippen molar-refractivity contribution in [2.24, 2.45) is 5.73 Å². The van der Waals surface area contributed by atoms with Crippen molar-refractivity contribution in [3.05, 3.63) is 95.2 Å². The van der Waals surface area contributed by atoms with E-state index in [1.807, 2.05) is 73.7 Å². The van der Waals surface area contributed by atoms with E-state index >= 15 is 0 Å². The second kappa shape index (κ2) is 7.07. The summed E-state index contributed by atoms with van der Waals surface area (Å²) in [6.07, 6.45) is 1.80. The van der Waals surface area contributed by atoms with Gasteiger partial charge in [-0.25, -0.2) is 4.98 Å². The van der Waals surface area contributed by atoms with Gasteiger partial charge in [-0.3, -0.25) is 0 Å². The Labute approximate surface area is 136 Å². The van der Waals surface area contributed by atoms with Crippen LogP contribution in [0.4, 0.5) is 0 Å². The summed E-state index contributed by atoms with van der Waals surface area (Å²) < 4.78 is 5.81. The Morgan fingerprint density at radius 2 is 1.61 bits per heavy atom. The Morgan fingerprint density at radius 3 is 2.26 bits per heavy atom. The molecule has 23 heavy (non-hydrogen) atoms. The molecule has 0 radical (unpaired) electrons. The van der Waals surface area contributed by atoms with E-state index in [1.165, 1.54) is 0 Å². The van der Waals surface area contributed by atoms with E-state index in [0.717, 1.165) is 22.3 Å². The lowest BCUT2D eigenvalue weighted by Gasteiger charge is -2.14. The summed E-state index contributed by atoms with van der Waals surface area (Å²) in [5, 5.41) is 0. The summed E-state index contributed by atoms with van der Waals surface area (Å²) in [5.74, 6) is 0.651. The van der Waals surface area contributed by atoms with Crippen LogP contribution in [-0.4, -0.2) is 4.98 Å². The van der Waals surface area contributed by atoms with Crippen molar-refractivity contribution in [1.29, 1.82) is 0 Å². The summed E-state index contributed by atoms with van der Waals surface area (Å²) in [7, 11) is 0. The predicted molar refractivity (Wildman–Crippen MR) is 92.2 cm³/mol. The first-order valence-electron chi connectivity index (χ1n) is 7.68. The van der Waals surface area contributed by atoms with E-state index in [4.69, 9.17) is 10.5 Å². The molecule has 2 N–H and O–H groups in total. The highest BCUT2D eigenvalue weighted by Gasteiger charge is 2.11. The van der Waals surface area contributed by atoms with Gasteiger partial charge in [-0.2, -0.15) is 0 Å². The fraction of sp³-hybridized carbons (Fsp3) is 0.150. The van der Waals surface area contributed by atoms with Crippen molar-refractivity contribution in [2.45, 2.75) is 19.6 Å². The number of nitrogens with zero attached hydrogens (tertiary/aromatic N) is 1. The molecule has 3 aromatic rings. The van der Waals surface area contributed by atoms with Crippen LogP contribution >= 0.6 is 0 Å². The first-order chi connectivity index (χ1) is 11.2. The van der Waals surface area contributed by atoms with Gasteiger partial charge < -0.3 is 10.5 Å². The highest BCUT2D eigenvalue weighted by molar-refractivity contribution is 5.35. The molecule has 3 heteroatoms. The first-order valence-corrected chi connectivity index (χ1v) is 7.68. The lowest BCUT2D eigenvalue weighted by atomic mass is 10.0. The molecule has 0 amide bonds. The van der Waals surface area contributed by atoms with Gasteiger partial charge in [-0.1, -0.05) is 60.7 Å². The SMILES string of the molecule is Cc1cc(C(N)c2ccccc2)cnc1OCc1ccccc1. The van der Waals surface area contributed by atoms with E-state index in [-0.39, 0.29) is 6.04 Å². The van der Waals surface area contributed by atoms with Gasteiger partial charge in [0.2, 0.25) is 5.88 Å². The summed E-state index contributed by atoms with van der Waals surface area (Å²) in [6, 6.07) is 22.0. The van der Waals surface area contributed by atoms with Crippen LogP contribution in [0.5, 0.6) is 5.88 Å². The minimum Gasteiger partial charge on any atom is -0.473 e. The van der Waals surface area contributed by atoms with Crippen LogP contribution in [0, 0.1) is 6.92 Å². The molecule has 116 valence electrons. The third kappa shape index (κ3) is 3.76. The van der Waals surface area contributed by atoms with Gasteiger partial charge in [0, 0.05) is 11.8 Å². The number of hydrogen-bond acceptors (Lipinski definition) is 3. The van der Waals surface area contributed by atoms with Crippen molar-refractivity contribution >= 4 is 0 Å². The quantitative estimate of drug-likeness (QED) is 0.774. The zero-order chi connectivity index (χ0) is 16.1. The zero-order valence-corrected chi connectivity index (χ0v) is 13.1. The van der Waals surface area contributed by atoms with E-state index in [1.54, 1.807) is 6.20 Å². The molecule has 0 aliphatic heterocycles. The smallest absolute Gasteiger partial charge is 0.216 e. The Kier molecular flexibility index (Phi) is 4.69. The number of aromatic nitrogens is 1. The van der Waals surface area contributed by atoms with Crippen molar-refractivity contribution in [3.8, 4) is 5.88 Å². The largest absolute Gasteiger partial charge is 0.473 e. The molecule has 1 aromatic heterocycles. The number of aryl methyl sites for hydroxylation is 1. The number of pyridine rings is 1. The van der Waals surface area contributed by atoms with Crippen LogP contribution in [0.15, 0.2) is 72.9 Å². The van der Waals surface area contributed by atoms with Gasteiger partial charge in [0.15, 0.2) is 0 Å². The molecule has 1 unspecified atom stereocenters. The van der Waals surface area contributed by atoms with Crippen LogP contribution in [0.3, 0.4) is 0 Å². The maximum Gasteiger partial charge on any atom is 0.216 e.